The maximum Gasteiger partial charge on any atom is 0.128 e. The standard InChI is InChI=1S/C17H25NO3/c1-17(2)10-15(18-3)14-7-6-12(9-16(14)21-17)20-13-5-4-8-19-11-13/h6-7,9,13,15,18H,4-5,8,10-11H2,1-3H3. The molecule has 4 nitrogen and oxygen atoms in total. The molecule has 1 saturated heterocycles. The lowest BCUT2D eigenvalue weighted by Crippen LogP contribution is -2.38. The Labute approximate surface area is 126 Å². The molecule has 0 aliphatic carbocycles. The first-order valence-electron chi connectivity index (χ1n) is 7.82. The van der Waals surface area contributed by atoms with E-state index >= 15 is 0 Å². The van der Waals surface area contributed by atoms with Gasteiger partial charge in [0.1, 0.15) is 23.2 Å². The van der Waals surface area contributed by atoms with Gasteiger partial charge in [0.2, 0.25) is 0 Å². The molecule has 0 radical (unpaired) electrons. The zero-order chi connectivity index (χ0) is 14.9. The number of hydrogen-bond acceptors (Lipinski definition) is 4. The Morgan fingerprint density at radius 3 is 2.90 bits per heavy atom. The Kier molecular flexibility index (Phi) is 4.09. The molecule has 1 fully saturated rings. The van der Waals surface area contributed by atoms with Gasteiger partial charge in [-0.3, -0.25) is 0 Å². The molecule has 4 heteroatoms. The van der Waals surface area contributed by atoms with Crippen LogP contribution in [0.5, 0.6) is 11.5 Å². The normalized spacial score (nSPS) is 27.6. The maximum atomic E-state index is 6.13. The lowest BCUT2D eigenvalue weighted by Gasteiger charge is -2.37. The van der Waals surface area contributed by atoms with Crippen LogP contribution >= 0.6 is 0 Å². The molecule has 0 amide bonds. The molecule has 1 aromatic rings. The van der Waals surface area contributed by atoms with Crippen molar-refractivity contribution in [1.82, 2.24) is 5.32 Å². The topological polar surface area (TPSA) is 39.7 Å². The number of hydrogen-bond donors (Lipinski definition) is 1. The predicted molar refractivity (Wildman–Crippen MR) is 82.0 cm³/mol. The van der Waals surface area contributed by atoms with Gasteiger partial charge in [-0.1, -0.05) is 6.07 Å². The summed E-state index contributed by atoms with van der Waals surface area (Å²) in [5.41, 5.74) is 1.05. The summed E-state index contributed by atoms with van der Waals surface area (Å²) in [6.45, 7) is 5.79. The van der Waals surface area contributed by atoms with Gasteiger partial charge >= 0.3 is 0 Å². The molecule has 2 unspecified atom stereocenters. The Hall–Kier alpha value is -1.26. The van der Waals surface area contributed by atoms with E-state index in [1.165, 1.54) is 5.56 Å². The van der Waals surface area contributed by atoms with Gasteiger partial charge in [0, 0.05) is 30.7 Å². The average Bonchev–Trinajstić information content (AvgIpc) is 2.46. The van der Waals surface area contributed by atoms with Crippen LogP contribution in [0.3, 0.4) is 0 Å². The largest absolute Gasteiger partial charge is 0.488 e. The molecular weight excluding hydrogens is 266 g/mol. The summed E-state index contributed by atoms with van der Waals surface area (Å²) in [5.74, 6) is 1.80. The highest BCUT2D eigenvalue weighted by molar-refractivity contribution is 5.44. The molecule has 2 atom stereocenters. The van der Waals surface area contributed by atoms with Crippen LogP contribution < -0.4 is 14.8 Å². The molecule has 21 heavy (non-hydrogen) atoms. The molecule has 0 bridgehead atoms. The average molecular weight is 291 g/mol. The molecule has 116 valence electrons. The minimum Gasteiger partial charge on any atom is -0.488 e. The van der Waals surface area contributed by atoms with Gasteiger partial charge in [0.25, 0.3) is 0 Å². The Bertz CT molecular complexity index is 495. The fraction of sp³-hybridized carbons (Fsp3) is 0.647. The summed E-state index contributed by atoms with van der Waals surface area (Å²) >= 11 is 0. The van der Waals surface area contributed by atoms with E-state index < -0.39 is 0 Å². The van der Waals surface area contributed by atoms with Crippen molar-refractivity contribution in [2.75, 3.05) is 20.3 Å². The van der Waals surface area contributed by atoms with Crippen LogP contribution in [0.15, 0.2) is 18.2 Å². The highest BCUT2D eigenvalue weighted by Crippen LogP contribution is 2.41. The second-order valence-electron chi connectivity index (χ2n) is 6.56. The first-order valence-corrected chi connectivity index (χ1v) is 7.82. The smallest absolute Gasteiger partial charge is 0.128 e. The summed E-state index contributed by atoms with van der Waals surface area (Å²) in [6.07, 6.45) is 3.25. The summed E-state index contributed by atoms with van der Waals surface area (Å²) in [4.78, 5) is 0. The zero-order valence-electron chi connectivity index (χ0n) is 13.1. The predicted octanol–water partition coefficient (Wildman–Crippen LogP) is 3.07. The Balaban J connectivity index is 1.79. The lowest BCUT2D eigenvalue weighted by atomic mass is 9.90. The van der Waals surface area contributed by atoms with Crippen molar-refractivity contribution in [3.05, 3.63) is 23.8 Å². The molecule has 2 aliphatic heterocycles. The van der Waals surface area contributed by atoms with Crippen LogP contribution in [0.1, 0.15) is 44.7 Å². The molecule has 2 aliphatic rings. The number of nitrogens with one attached hydrogen (secondary N) is 1. The van der Waals surface area contributed by atoms with Gasteiger partial charge in [-0.05, 0) is 39.8 Å². The fourth-order valence-corrected chi connectivity index (χ4v) is 3.16. The van der Waals surface area contributed by atoms with Crippen LogP contribution in [0.4, 0.5) is 0 Å². The second-order valence-corrected chi connectivity index (χ2v) is 6.56. The van der Waals surface area contributed by atoms with Crippen molar-refractivity contribution >= 4 is 0 Å². The second kappa shape index (κ2) is 5.85. The van der Waals surface area contributed by atoms with Crippen LogP contribution in [-0.2, 0) is 4.74 Å². The lowest BCUT2D eigenvalue weighted by molar-refractivity contribution is 0.00692. The summed E-state index contributed by atoms with van der Waals surface area (Å²) < 4.78 is 17.6. The maximum absolute atomic E-state index is 6.13. The number of benzene rings is 1. The van der Waals surface area contributed by atoms with Gasteiger partial charge in [-0.25, -0.2) is 0 Å². The monoisotopic (exact) mass is 291 g/mol. The Morgan fingerprint density at radius 2 is 2.19 bits per heavy atom. The number of ether oxygens (including phenoxy) is 3. The van der Waals surface area contributed by atoms with E-state index in [4.69, 9.17) is 14.2 Å². The molecule has 2 heterocycles. The Morgan fingerprint density at radius 1 is 1.33 bits per heavy atom. The van der Waals surface area contributed by atoms with E-state index in [0.29, 0.717) is 12.6 Å². The minimum atomic E-state index is -0.159. The van der Waals surface area contributed by atoms with Crippen molar-refractivity contribution in [2.45, 2.75) is 50.9 Å². The third-order valence-corrected chi connectivity index (χ3v) is 4.21. The van der Waals surface area contributed by atoms with Gasteiger partial charge < -0.3 is 19.5 Å². The van der Waals surface area contributed by atoms with Gasteiger partial charge in [0.15, 0.2) is 0 Å². The zero-order valence-corrected chi connectivity index (χ0v) is 13.1. The van der Waals surface area contributed by atoms with E-state index in [-0.39, 0.29) is 11.7 Å². The first-order chi connectivity index (χ1) is 10.1. The molecule has 0 saturated carbocycles. The van der Waals surface area contributed by atoms with Gasteiger partial charge in [0.05, 0.1) is 6.61 Å². The van der Waals surface area contributed by atoms with E-state index in [9.17, 15) is 0 Å². The van der Waals surface area contributed by atoms with Crippen molar-refractivity contribution in [1.29, 1.82) is 0 Å². The minimum absolute atomic E-state index is 0.159. The van der Waals surface area contributed by atoms with Crippen LogP contribution in [-0.4, -0.2) is 32.0 Å². The van der Waals surface area contributed by atoms with Crippen LogP contribution in [0.25, 0.3) is 0 Å². The van der Waals surface area contributed by atoms with Crippen LogP contribution in [0.2, 0.25) is 0 Å². The van der Waals surface area contributed by atoms with E-state index in [0.717, 1.165) is 37.4 Å². The van der Waals surface area contributed by atoms with Crippen molar-refractivity contribution in [3.63, 3.8) is 0 Å². The molecular formula is C17H25NO3. The highest BCUT2D eigenvalue weighted by atomic mass is 16.5. The molecule has 1 aromatic carbocycles. The SMILES string of the molecule is CNC1CC(C)(C)Oc2cc(OC3CCCOC3)ccc21. The number of rotatable bonds is 3. The van der Waals surface area contributed by atoms with E-state index in [1.807, 2.05) is 19.2 Å². The van der Waals surface area contributed by atoms with Gasteiger partial charge in [-0.15, -0.1) is 0 Å². The molecule has 0 spiro atoms. The highest BCUT2D eigenvalue weighted by Gasteiger charge is 2.33. The number of fused-ring (bicyclic) bond motifs is 1. The fourth-order valence-electron chi connectivity index (χ4n) is 3.16. The van der Waals surface area contributed by atoms with Crippen molar-refractivity contribution < 1.29 is 14.2 Å². The third kappa shape index (κ3) is 3.33. The summed E-state index contributed by atoms with van der Waals surface area (Å²) in [5, 5.41) is 3.38. The van der Waals surface area contributed by atoms with Crippen LogP contribution in [0, 0.1) is 0 Å². The molecule has 1 N–H and O–H groups in total. The molecule has 3 rings (SSSR count). The third-order valence-electron chi connectivity index (χ3n) is 4.21. The first kappa shape index (κ1) is 14.7. The van der Waals surface area contributed by atoms with Crippen molar-refractivity contribution in [2.24, 2.45) is 0 Å². The quantitative estimate of drug-likeness (QED) is 0.929. The molecule has 0 aromatic heterocycles. The summed E-state index contributed by atoms with van der Waals surface area (Å²) in [7, 11) is 2.00. The van der Waals surface area contributed by atoms with E-state index in [2.05, 4.69) is 25.2 Å². The summed E-state index contributed by atoms with van der Waals surface area (Å²) in [6, 6.07) is 6.51. The van der Waals surface area contributed by atoms with Crippen molar-refractivity contribution in [3.8, 4) is 11.5 Å². The van der Waals surface area contributed by atoms with Gasteiger partial charge in [-0.2, -0.15) is 0 Å². The van der Waals surface area contributed by atoms with E-state index in [1.54, 1.807) is 0 Å².